The first-order chi connectivity index (χ1) is 9.58. The van der Waals surface area contributed by atoms with Gasteiger partial charge in [0.2, 0.25) is 0 Å². The predicted molar refractivity (Wildman–Crippen MR) is 80.5 cm³/mol. The smallest absolute Gasteiger partial charge is 0.137 e. The SMILES string of the molecule is NCC(Cc1ccc(F)cc1)Cc1ccc(F)c(Br)c1. The zero-order chi connectivity index (χ0) is 14.5. The molecule has 1 atom stereocenters. The zero-order valence-electron chi connectivity index (χ0n) is 11.0. The van der Waals surface area contributed by atoms with E-state index in [0.717, 1.165) is 24.0 Å². The molecule has 0 fully saturated rings. The van der Waals surface area contributed by atoms with Crippen LogP contribution in [0.2, 0.25) is 0 Å². The van der Waals surface area contributed by atoms with Crippen molar-refractivity contribution in [1.29, 1.82) is 0 Å². The van der Waals surface area contributed by atoms with Crippen LogP contribution in [-0.4, -0.2) is 6.54 Å². The second-order valence-electron chi connectivity index (χ2n) is 4.88. The number of benzene rings is 2. The largest absolute Gasteiger partial charge is 0.330 e. The molecule has 0 saturated carbocycles. The third-order valence-electron chi connectivity index (χ3n) is 3.28. The maximum Gasteiger partial charge on any atom is 0.137 e. The molecule has 0 aliphatic carbocycles. The van der Waals surface area contributed by atoms with E-state index in [2.05, 4.69) is 15.9 Å². The van der Waals surface area contributed by atoms with Crippen molar-refractivity contribution < 1.29 is 8.78 Å². The minimum Gasteiger partial charge on any atom is -0.330 e. The number of hydrogen-bond donors (Lipinski definition) is 1. The maximum absolute atomic E-state index is 13.2. The van der Waals surface area contributed by atoms with Gasteiger partial charge in [-0.3, -0.25) is 0 Å². The second kappa shape index (κ2) is 6.95. The first-order valence-electron chi connectivity index (χ1n) is 6.47. The molecule has 106 valence electrons. The Kier molecular flexibility index (Phi) is 5.26. The molecule has 0 heterocycles. The van der Waals surface area contributed by atoms with Crippen LogP contribution in [0.25, 0.3) is 0 Å². The fourth-order valence-electron chi connectivity index (χ4n) is 2.19. The van der Waals surface area contributed by atoms with Gasteiger partial charge in [0.05, 0.1) is 4.47 Å². The van der Waals surface area contributed by atoms with E-state index in [0.29, 0.717) is 11.0 Å². The van der Waals surface area contributed by atoms with Crippen LogP contribution in [0.3, 0.4) is 0 Å². The first-order valence-corrected chi connectivity index (χ1v) is 7.26. The summed E-state index contributed by atoms with van der Waals surface area (Å²) in [6.45, 7) is 0.534. The van der Waals surface area contributed by atoms with E-state index in [1.54, 1.807) is 24.3 Å². The van der Waals surface area contributed by atoms with E-state index >= 15 is 0 Å². The number of hydrogen-bond acceptors (Lipinski definition) is 1. The Morgan fingerprint density at radius 3 is 2.15 bits per heavy atom. The fourth-order valence-corrected chi connectivity index (χ4v) is 2.62. The van der Waals surface area contributed by atoms with Crippen LogP contribution >= 0.6 is 15.9 Å². The van der Waals surface area contributed by atoms with Gasteiger partial charge in [0.1, 0.15) is 11.6 Å². The topological polar surface area (TPSA) is 26.0 Å². The van der Waals surface area contributed by atoms with Gasteiger partial charge >= 0.3 is 0 Å². The van der Waals surface area contributed by atoms with Gasteiger partial charge < -0.3 is 5.73 Å². The summed E-state index contributed by atoms with van der Waals surface area (Å²) in [5, 5.41) is 0. The van der Waals surface area contributed by atoms with Crippen LogP contribution < -0.4 is 5.73 Å². The average Bonchev–Trinajstić information content (AvgIpc) is 2.44. The molecule has 0 aliphatic rings. The molecule has 2 aromatic carbocycles. The Hall–Kier alpha value is -1.26. The highest BCUT2D eigenvalue weighted by Gasteiger charge is 2.10. The summed E-state index contributed by atoms with van der Waals surface area (Å²) in [5.41, 5.74) is 7.90. The summed E-state index contributed by atoms with van der Waals surface area (Å²) in [7, 11) is 0. The lowest BCUT2D eigenvalue weighted by molar-refractivity contribution is 0.531. The summed E-state index contributed by atoms with van der Waals surface area (Å²) >= 11 is 3.18. The standard InChI is InChI=1S/C16H16BrF2N/c17-15-9-12(3-6-16(15)19)8-13(10-20)7-11-1-4-14(18)5-2-11/h1-6,9,13H,7-8,10,20H2. The second-order valence-corrected chi connectivity index (χ2v) is 5.74. The van der Waals surface area contributed by atoms with Gasteiger partial charge in [0, 0.05) is 0 Å². The maximum atomic E-state index is 13.2. The summed E-state index contributed by atoms with van der Waals surface area (Å²) in [4.78, 5) is 0. The van der Waals surface area contributed by atoms with E-state index in [1.165, 1.54) is 18.2 Å². The van der Waals surface area contributed by atoms with Gasteiger partial charge in [0.15, 0.2) is 0 Å². The average molecular weight is 340 g/mol. The van der Waals surface area contributed by atoms with Crippen molar-refractivity contribution in [2.75, 3.05) is 6.54 Å². The third kappa shape index (κ3) is 4.12. The molecule has 0 spiro atoms. The van der Waals surface area contributed by atoms with E-state index in [-0.39, 0.29) is 17.6 Å². The Bertz CT molecular complexity index is 569. The molecule has 1 unspecified atom stereocenters. The van der Waals surface area contributed by atoms with Crippen molar-refractivity contribution in [3.05, 3.63) is 69.7 Å². The monoisotopic (exact) mass is 339 g/mol. The first kappa shape index (κ1) is 15.1. The van der Waals surface area contributed by atoms with Crippen molar-refractivity contribution in [3.8, 4) is 0 Å². The Balaban J connectivity index is 2.04. The molecule has 0 saturated heterocycles. The van der Waals surface area contributed by atoms with Crippen LogP contribution in [0.5, 0.6) is 0 Å². The molecular formula is C16H16BrF2N. The van der Waals surface area contributed by atoms with Gasteiger partial charge in [-0.1, -0.05) is 18.2 Å². The summed E-state index contributed by atoms with van der Waals surface area (Å²) in [6, 6.07) is 11.5. The van der Waals surface area contributed by atoms with Crippen molar-refractivity contribution in [3.63, 3.8) is 0 Å². The summed E-state index contributed by atoms with van der Waals surface area (Å²) in [5.74, 6) is -0.255. The molecule has 20 heavy (non-hydrogen) atoms. The Morgan fingerprint density at radius 1 is 0.950 bits per heavy atom. The minimum atomic E-state index is -0.267. The Morgan fingerprint density at radius 2 is 1.55 bits per heavy atom. The fraction of sp³-hybridized carbons (Fsp3) is 0.250. The molecule has 0 bridgehead atoms. The van der Waals surface area contributed by atoms with Crippen LogP contribution in [-0.2, 0) is 12.8 Å². The van der Waals surface area contributed by atoms with Crippen LogP contribution in [0.4, 0.5) is 8.78 Å². The van der Waals surface area contributed by atoms with Gasteiger partial charge in [-0.15, -0.1) is 0 Å². The lowest BCUT2D eigenvalue weighted by Gasteiger charge is -2.15. The van der Waals surface area contributed by atoms with E-state index in [9.17, 15) is 8.78 Å². The van der Waals surface area contributed by atoms with E-state index in [1.807, 2.05) is 0 Å². The Labute approximate surface area is 125 Å². The minimum absolute atomic E-state index is 0.236. The molecule has 0 amide bonds. The van der Waals surface area contributed by atoms with Crippen molar-refractivity contribution in [2.45, 2.75) is 12.8 Å². The molecule has 2 N–H and O–H groups in total. The highest BCUT2D eigenvalue weighted by Crippen LogP contribution is 2.20. The lowest BCUT2D eigenvalue weighted by Crippen LogP contribution is -2.19. The van der Waals surface area contributed by atoms with E-state index in [4.69, 9.17) is 5.73 Å². The molecule has 2 aromatic rings. The highest BCUT2D eigenvalue weighted by atomic mass is 79.9. The van der Waals surface area contributed by atoms with Crippen molar-refractivity contribution >= 4 is 15.9 Å². The number of rotatable bonds is 5. The lowest BCUT2D eigenvalue weighted by atomic mass is 9.92. The third-order valence-corrected chi connectivity index (χ3v) is 3.89. The molecule has 2 rings (SSSR count). The summed E-state index contributed by atoms with van der Waals surface area (Å²) < 4.78 is 26.5. The van der Waals surface area contributed by atoms with Gasteiger partial charge in [-0.05, 0) is 76.6 Å². The van der Waals surface area contributed by atoms with Crippen molar-refractivity contribution in [1.82, 2.24) is 0 Å². The van der Waals surface area contributed by atoms with Gasteiger partial charge in [0.25, 0.3) is 0 Å². The van der Waals surface area contributed by atoms with Gasteiger partial charge in [-0.2, -0.15) is 0 Å². The quantitative estimate of drug-likeness (QED) is 0.872. The van der Waals surface area contributed by atoms with Gasteiger partial charge in [-0.25, -0.2) is 8.78 Å². The molecule has 0 aromatic heterocycles. The molecule has 0 radical (unpaired) electrons. The normalized spacial score (nSPS) is 12.4. The number of halogens is 3. The summed E-state index contributed by atoms with van der Waals surface area (Å²) in [6.07, 6.45) is 1.55. The highest BCUT2D eigenvalue weighted by molar-refractivity contribution is 9.10. The van der Waals surface area contributed by atoms with Crippen LogP contribution in [0.1, 0.15) is 11.1 Å². The number of nitrogens with two attached hydrogens (primary N) is 1. The molecule has 1 nitrogen and oxygen atoms in total. The van der Waals surface area contributed by atoms with Crippen LogP contribution in [0.15, 0.2) is 46.9 Å². The molecular weight excluding hydrogens is 324 g/mol. The zero-order valence-corrected chi connectivity index (χ0v) is 12.5. The molecule has 4 heteroatoms. The van der Waals surface area contributed by atoms with E-state index < -0.39 is 0 Å². The predicted octanol–water partition coefficient (Wildman–Crippen LogP) is 4.09. The molecule has 0 aliphatic heterocycles. The van der Waals surface area contributed by atoms with Crippen LogP contribution in [0, 0.1) is 17.6 Å². The van der Waals surface area contributed by atoms with Crippen molar-refractivity contribution in [2.24, 2.45) is 11.7 Å².